The van der Waals surface area contributed by atoms with E-state index in [1.165, 1.54) is 6.20 Å². The van der Waals surface area contributed by atoms with Gasteiger partial charge in [0, 0.05) is 29.4 Å². The van der Waals surface area contributed by atoms with Crippen LogP contribution in [-0.4, -0.2) is 29.1 Å². The van der Waals surface area contributed by atoms with Crippen LogP contribution in [0.25, 0.3) is 0 Å². The zero-order valence-electron chi connectivity index (χ0n) is 20.1. The molecule has 14 heteroatoms. The standard InChI is InChI=1S/C26H18F6N4O4/c27-25(28,29)11-7-12(26(30,31)32)9-13(8-11)34-24(38)36-21-20-16-10-14(1-3-17(16)40-22(20)21)39-18-5-6-33-23-15(18)2-4-19(37)35-23/h1,3,5-10,20-22H,2,4H2,(H,33,35,37)(H2,34,36,38)/t20-,21+,22-/m0/s1. The summed E-state index contributed by atoms with van der Waals surface area (Å²) in [7, 11) is 0. The minimum absolute atomic E-state index is 0.0173. The summed E-state index contributed by atoms with van der Waals surface area (Å²) >= 11 is 0. The van der Waals surface area contributed by atoms with E-state index in [1.807, 2.05) is 0 Å². The van der Waals surface area contributed by atoms with Crippen LogP contribution in [0, 0.1) is 0 Å². The van der Waals surface area contributed by atoms with Crippen molar-refractivity contribution >= 4 is 23.4 Å². The molecule has 3 N–H and O–H groups in total. The smallest absolute Gasteiger partial charge is 0.416 e. The molecule has 6 rings (SSSR count). The van der Waals surface area contributed by atoms with Gasteiger partial charge in [-0.3, -0.25) is 4.79 Å². The maximum atomic E-state index is 13.1. The molecule has 0 spiro atoms. The van der Waals surface area contributed by atoms with Crippen LogP contribution in [0.5, 0.6) is 17.2 Å². The average molecular weight is 564 g/mol. The van der Waals surface area contributed by atoms with Crippen LogP contribution in [0.15, 0.2) is 48.7 Å². The van der Waals surface area contributed by atoms with E-state index < -0.39 is 47.3 Å². The first kappa shape index (κ1) is 25.8. The highest BCUT2D eigenvalue weighted by atomic mass is 19.4. The van der Waals surface area contributed by atoms with Gasteiger partial charge < -0.3 is 25.4 Å². The van der Waals surface area contributed by atoms with Crippen molar-refractivity contribution in [1.82, 2.24) is 10.3 Å². The molecule has 3 heterocycles. The molecule has 3 aromatic rings. The van der Waals surface area contributed by atoms with Gasteiger partial charge in [-0.05, 0) is 48.9 Å². The van der Waals surface area contributed by atoms with Crippen LogP contribution < -0.4 is 25.4 Å². The second-order valence-corrected chi connectivity index (χ2v) is 9.51. The summed E-state index contributed by atoms with van der Waals surface area (Å²) in [5.41, 5.74) is -2.25. The Hall–Kier alpha value is -4.49. The molecule has 2 aromatic carbocycles. The molecule has 1 aromatic heterocycles. The fourth-order valence-electron chi connectivity index (χ4n) is 4.90. The zero-order valence-corrected chi connectivity index (χ0v) is 20.1. The van der Waals surface area contributed by atoms with Crippen molar-refractivity contribution in [2.24, 2.45) is 0 Å². The third-order valence-corrected chi connectivity index (χ3v) is 6.80. The summed E-state index contributed by atoms with van der Waals surface area (Å²) in [6, 6.07) is 6.11. The van der Waals surface area contributed by atoms with E-state index in [9.17, 15) is 35.9 Å². The number of ether oxygens (including phenoxy) is 2. The maximum absolute atomic E-state index is 13.1. The van der Waals surface area contributed by atoms with Crippen molar-refractivity contribution in [2.75, 3.05) is 10.6 Å². The molecule has 3 atom stereocenters. The van der Waals surface area contributed by atoms with E-state index in [0.29, 0.717) is 48.0 Å². The molecule has 2 aliphatic heterocycles. The van der Waals surface area contributed by atoms with Crippen molar-refractivity contribution < 1.29 is 45.4 Å². The summed E-state index contributed by atoms with van der Waals surface area (Å²) in [4.78, 5) is 28.3. The van der Waals surface area contributed by atoms with Gasteiger partial charge in [0.25, 0.3) is 0 Å². The summed E-state index contributed by atoms with van der Waals surface area (Å²) in [6.07, 6.45) is -8.27. The molecule has 208 valence electrons. The van der Waals surface area contributed by atoms with Crippen LogP contribution in [0.1, 0.15) is 34.6 Å². The first-order valence-electron chi connectivity index (χ1n) is 12.0. The number of carbonyl (C=O) groups is 2. The molecule has 0 saturated heterocycles. The minimum atomic E-state index is -5.04. The van der Waals surface area contributed by atoms with Crippen LogP contribution >= 0.6 is 0 Å². The summed E-state index contributed by atoms with van der Waals surface area (Å²) in [5.74, 6) is 1.55. The van der Waals surface area contributed by atoms with Crippen molar-refractivity contribution in [3.05, 3.63) is 70.9 Å². The van der Waals surface area contributed by atoms with Crippen LogP contribution in [0.4, 0.5) is 42.6 Å². The number of hydrogen-bond acceptors (Lipinski definition) is 5. The van der Waals surface area contributed by atoms with Gasteiger partial charge in [-0.2, -0.15) is 26.3 Å². The number of anilines is 2. The van der Waals surface area contributed by atoms with Gasteiger partial charge >= 0.3 is 18.4 Å². The van der Waals surface area contributed by atoms with Gasteiger partial charge in [0.2, 0.25) is 5.91 Å². The number of alkyl halides is 6. The Kier molecular flexibility index (Phi) is 5.82. The van der Waals surface area contributed by atoms with Crippen LogP contribution in [0.3, 0.4) is 0 Å². The summed E-state index contributed by atoms with van der Waals surface area (Å²) < 4.78 is 90.6. The van der Waals surface area contributed by atoms with Crippen molar-refractivity contribution in [3.63, 3.8) is 0 Å². The Bertz CT molecular complexity index is 1510. The van der Waals surface area contributed by atoms with E-state index in [2.05, 4.69) is 20.9 Å². The highest BCUT2D eigenvalue weighted by Crippen LogP contribution is 2.54. The van der Waals surface area contributed by atoms with E-state index in [1.54, 1.807) is 24.3 Å². The molecule has 1 fully saturated rings. The Morgan fingerprint density at radius 2 is 1.73 bits per heavy atom. The molecule has 40 heavy (non-hydrogen) atoms. The van der Waals surface area contributed by atoms with E-state index in [4.69, 9.17) is 9.47 Å². The number of pyridine rings is 1. The van der Waals surface area contributed by atoms with Gasteiger partial charge in [0.15, 0.2) is 0 Å². The molecular formula is C26H18F6N4O4. The zero-order chi connectivity index (χ0) is 28.4. The van der Waals surface area contributed by atoms with Gasteiger partial charge in [0.05, 0.1) is 23.1 Å². The number of rotatable bonds is 4. The Balaban J connectivity index is 1.15. The number of benzene rings is 2. The maximum Gasteiger partial charge on any atom is 0.416 e. The molecule has 1 aliphatic carbocycles. The normalized spacial score (nSPS) is 20.9. The van der Waals surface area contributed by atoms with Gasteiger partial charge in [0.1, 0.15) is 29.2 Å². The molecule has 3 amide bonds. The van der Waals surface area contributed by atoms with Crippen molar-refractivity contribution in [2.45, 2.75) is 43.3 Å². The number of aromatic nitrogens is 1. The largest absolute Gasteiger partial charge is 0.487 e. The lowest BCUT2D eigenvalue weighted by Crippen LogP contribution is -2.34. The minimum Gasteiger partial charge on any atom is -0.487 e. The number of hydrogen-bond donors (Lipinski definition) is 3. The number of urea groups is 1. The average Bonchev–Trinajstić information content (AvgIpc) is 3.38. The molecule has 1 saturated carbocycles. The quantitative estimate of drug-likeness (QED) is 0.346. The van der Waals surface area contributed by atoms with E-state index >= 15 is 0 Å². The first-order valence-corrected chi connectivity index (χ1v) is 12.0. The lowest BCUT2D eigenvalue weighted by molar-refractivity contribution is -0.143. The second-order valence-electron chi connectivity index (χ2n) is 9.51. The molecule has 3 aliphatic rings. The van der Waals surface area contributed by atoms with Crippen LogP contribution in [0.2, 0.25) is 0 Å². The fraction of sp³-hybridized carbons (Fsp3) is 0.269. The van der Waals surface area contributed by atoms with Crippen molar-refractivity contribution in [3.8, 4) is 17.2 Å². The topological polar surface area (TPSA) is 102 Å². The van der Waals surface area contributed by atoms with Gasteiger partial charge in [-0.25, -0.2) is 9.78 Å². The van der Waals surface area contributed by atoms with Gasteiger partial charge in [-0.15, -0.1) is 0 Å². The Morgan fingerprint density at radius 1 is 1.00 bits per heavy atom. The SMILES string of the molecule is O=C1CCc2c(Oc3ccc4c(c3)[C@H]3[C@@H](NC(=O)Nc5cc(C(F)(F)F)cc(C(F)(F)F)c5)[C@H]3O4)ccnc2N1. The first-order chi connectivity index (χ1) is 18.9. The van der Waals surface area contributed by atoms with Crippen LogP contribution in [-0.2, 0) is 23.6 Å². The number of halogens is 6. The summed E-state index contributed by atoms with van der Waals surface area (Å²) in [5, 5.41) is 7.31. The molecular weight excluding hydrogens is 546 g/mol. The number of amides is 3. The highest BCUT2D eigenvalue weighted by molar-refractivity contribution is 5.93. The lowest BCUT2D eigenvalue weighted by atomic mass is 10.1. The van der Waals surface area contributed by atoms with Crippen molar-refractivity contribution in [1.29, 1.82) is 0 Å². The third kappa shape index (κ3) is 4.84. The third-order valence-electron chi connectivity index (χ3n) is 6.80. The Morgan fingerprint density at radius 3 is 2.42 bits per heavy atom. The number of fused-ring (bicyclic) bond motifs is 4. The lowest BCUT2D eigenvalue weighted by Gasteiger charge is -2.19. The molecule has 8 nitrogen and oxygen atoms in total. The molecule has 0 unspecified atom stereocenters. The van der Waals surface area contributed by atoms with E-state index in [0.717, 1.165) is 11.1 Å². The predicted molar refractivity (Wildman–Crippen MR) is 127 cm³/mol. The molecule has 0 radical (unpaired) electrons. The monoisotopic (exact) mass is 564 g/mol. The number of nitrogens with zero attached hydrogens (tertiary/aromatic N) is 1. The summed E-state index contributed by atoms with van der Waals surface area (Å²) in [6.45, 7) is 0. The number of nitrogens with one attached hydrogen (secondary N) is 3. The second kappa shape index (κ2) is 9.03. The van der Waals surface area contributed by atoms with Gasteiger partial charge in [-0.1, -0.05) is 0 Å². The fourth-order valence-corrected chi connectivity index (χ4v) is 4.90. The predicted octanol–water partition coefficient (Wildman–Crippen LogP) is 5.84. The Labute approximate surface area is 221 Å². The number of carbonyl (C=O) groups excluding carboxylic acids is 2. The molecule has 0 bridgehead atoms. The highest BCUT2D eigenvalue weighted by Gasteiger charge is 2.59. The van der Waals surface area contributed by atoms with E-state index in [-0.39, 0.29) is 17.9 Å².